The SMILES string of the molecule is Cc1onc(-c2c(Cl)cccc2Cl)c1C(=O)N1CCN(C(=O)c2ccc(F)cc2Cl)CC1. The van der Waals surface area contributed by atoms with Gasteiger partial charge in [-0.1, -0.05) is 46.0 Å². The van der Waals surface area contributed by atoms with Gasteiger partial charge in [-0.3, -0.25) is 9.59 Å². The minimum absolute atomic E-state index is 0.0508. The summed E-state index contributed by atoms with van der Waals surface area (Å²) >= 11 is 18.6. The highest BCUT2D eigenvalue weighted by Crippen LogP contribution is 2.37. The van der Waals surface area contributed by atoms with Crippen molar-refractivity contribution in [2.24, 2.45) is 0 Å². The molecule has 0 unspecified atom stereocenters. The summed E-state index contributed by atoms with van der Waals surface area (Å²) in [7, 11) is 0. The molecule has 0 bridgehead atoms. The molecule has 3 aromatic rings. The number of amides is 2. The molecule has 1 aliphatic rings. The average molecular weight is 497 g/mol. The summed E-state index contributed by atoms with van der Waals surface area (Å²) in [5.74, 6) is -0.772. The Balaban J connectivity index is 1.52. The normalized spacial score (nSPS) is 14.0. The summed E-state index contributed by atoms with van der Waals surface area (Å²) in [4.78, 5) is 29.3. The maximum atomic E-state index is 13.3. The molecule has 0 N–H and O–H groups in total. The van der Waals surface area contributed by atoms with Crippen LogP contribution in [0, 0.1) is 12.7 Å². The number of aryl methyl sites for hydroxylation is 1. The van der Waals surface area contributed by atoms with Crippen molar-refractivity contribution in [3.05, 3.63) is 74.2 Å². The molecule has 4 rings (SSSR count). The molecule has 1 saturated heterocycles. The Morgan fingerprint density at radius 1 is 0.938 bits per heavy atom. The van der Waals surface area contributed by atoms with Gasteiger partial charge in [0.05, 0.1) is 20.6 Å². The number of halogens is 4. The van der Waals surface area contributed by atoms with E-state index in [1.165, 1.54) is 12.1 Å². The van der Waals surface area contributed by atoms with Crippen molar-refractivity contribution in [1.29, 1.82) is 0 Å². The molecular weight excluding hydrogens is 480 g/mol. The van der Waals surface area contributed by atoms with Crippen LogP contribution in [0.25, 0.3) is 11.3 Å². The van der Waals surface area contributed by atoms with Gasteiger partial charge in [0.1, 0.15) is 22.8 Å². The number of benzene rings is 2. The Hall–Kier alpha value is -2.61. The van der Waals surface area contributed by atoms with Crippen LogP contribution in [-0.4, -0.2) is 52.9 Å². The van der Waals surface area contributed by atoms with Crippen LogP contribution in [-0.2, 0) is 0 Å². The molecule has 32 heavy (non-hydrogen) atoms. The van der Waals surface area contributed by atoms with E-state index >= 15 is 0 Å². The van der Waals surface area contributed by atoms with Crippen LogP contribution in [0.1, 0.15) is 26.5 Å². The highest BCUT2D eigenvalue weighted by atomic mass is 35.5. The molecule has 1 aromatic heterocycles. The lowest BCUT2D eigenvalue weighted by molar-refractivity contribution is 0.0535. The van der Waals surface area contributed by atoms with Crippen LogP contribution in [0.2, 0.25) is 15.1 Å². The Bertz CT molecular complexity index is 1190. The van der Waals surface area contributed by atoms with E-state index in [1.807, 2.05) is 0 Å². The number of aromatic nitrogens is 1. The summed E-state index contributed by atoms with van der Waals surface area (Å²) in [6.07, 6.45) is 0. The molecule has 166 valence electrons. The quantitative estimate of drug-likeness (QED) is 0.490. The second-order valence-electron chi connectivity index (χ2n) is 7.27. The van der Waals surface area contributed by atoms with Gasteiger partial charge in [-0.2, -0.15) is 0 Å². The Kier molecular flexibility index (Phi) is 6.42. The third-order valence-electron chi connectivity index (χ3n) is 5.29. The van der Waals surface area contributed by atoms with Crippen molar-refractivity contribution < 1.29 is 18.5 Å². The summed E-state index contributed by atoms with van der Waals surface area (Å²) in [5.41, 5.74) is 1.20. The summed E-state index contributed by atoms with van der Waals surface area (Å²) in [5, 5.41) is 4.78. The van der Waals surface area contributed by atoms with E-state index in [2.05, 4.69) is 5.16 Å². The van der Waals surface area contributed by atoms with Gasteiger partial charge in [-0.05, 0) is 37.3 Å². The van der Waals surface area contributed by atoms with Crippen LogP contribution in [0.5, 0.6) is 0 Å². The Morgan fingerprint density at radius 2 is 1.53 bits per heavy atom. The number of nitrogens with zero attached hydrogens (tertiary/aromatic N) is 3. The highest BCUT2D eigenvalue weighted by Gasteiger charge is 2.31. The van der Waals surface area contributed by atoms with Gasteiger partial charge in [0.2, 0.25) is 0 Å². The van der Waals surface area contributed by atoms with Crippen LogP contribution >= 0.6 is 34.8 Å². The van der Waals surface area contributed by atoms with Gasteiger partial charge in [-0.15, -0.1) is 0 Å². The fourth-order valence-corrected chi connectivity index (χ4v) is 4.45. The maximum absolute atomic E-state index is 13.3. The van der Waals surface area contributed by atoms with Crippen molar-refractivity contribution in [3.8, 4) is 11.3 Å². The predicted octanol–water partition coefficient (Wildman–Crippen LogP) is 5.35. The molecule has 0 saturated carbocycles. The lowest BCUT2D eigenvalue weighted by atomic mass is 10.0. The molecule has 2 aromatic carbocycles. The third kappa shape index (κ3) is 4.20. The van der Waals surface area contributed by atoms with Crippen molar-refractivity contribution in [2.75, 3.05) is 26.2 Å². The zero-order valence-electron chi connectivity index (χ0n) is 16.9. The molecule has 2 heterocycles. The topological polar surface area (TPSA) is 66.7 Å². The second-order valence-corrected chi connectivity index (χ2v) is 8.49. The first kappa shape index (κ1) is 22.6. The minimum Gasteiger partial charge on any atom is -0.360 e. The molecule has 10 heteroatoms. The van der Waals surface area contributed by atoms with E-state index in [0.717, 1.165) is 6.07 Å². The van der Waals surface area contributed by atoms with Crippen molar-refractivity contribution in [3.63, 3.8) is 0 Å². The fraction of sp³-hybridized carbons (Fsp3) is 0.227. The van der Waals surface area contributed by atoms with Gasteiger partial charge >= 0.3 is 0 Å². The van der Waals surface area contributed by atoms with E-state index in [9.17, 15) is 14.0 Å². The Morgan fingerprint density at radius 3 is 2.12 bits per heavy atom. The van der Waals surface area contributed by atoms with E-state index in [4.69, 9.17) is 39.3 Å². The zero-order chi connectivity index (χ0) is 23.0. The van der Waals surface area contributed by atoms with Crippen LogP contribution < -0.4 is 0 Å². The first-order valence-electron chi connectivity index (χ1n) is 9.72. The van der Waals surface area contributed by atoms with Gasteiger partial charge < -0.3 is 14.3 Å². The monoisotopic (exact) mass is 495 g/mol. The summed E-state index contributed by atoms with van der Waals surface area (Å²) in [6.45, 7) is 2.83. The smallest absolute Gasteiger partial charge is 0.259 e. The number of carbonyl (C=O) groups excluding carboxylic acids is 2. The molecule has 0 atom stereocenters. The van der Waals surface area contributed by atoms with Gasteiger partial charge in [0.25, 0.3) is 11.8 Å². The number of hydrogen-bond donors (Lipinski definition) is 0. The van der Waals surface area contributed by atoms with Crippen LogP contribution in [0.3, 0.4) is 0 Å². The predicted molar refractivity (Wildman–Crippen MR) is 120 cm³/mol. The van der Waals surface area contributed by atoms with Crippen molar-refractivity contribution >= 4 is 46.6 Å². The molecular formula is C22H17Cl3FN3O3. The molecule has 1 fully saturated rings. The number of rotatable bonds is 3. The van der Waals surface area contributed by atoms with E-state index in [-0.39, 0.29) is 33.7 Å². The molecule has 0 spiro atoms. The second kappa shape index (κ2) is 9.10. The lowest BCUT2D eigenvalue weighted by Crippen LogP contribution is -2.50. The average Bonchev–Trinajstić information content (AvgIpc) is 3.14. The zero-order valence-corrected chi connectivity index (χ0v) is 19.1. The molecule has 6 nitrogen and oxygen atoms in total. The first-order valence-corrected chi connectivity index (χ1v) is 10.9. The first-order chi connectivity index (χ1) is 15.3. The molecule has 0 aliphatic carbocycles. The third-order valence-corrected chi connectivity index (χ3v) is 6.23. The lowest BCUT2D eigenvalue weighted by Gasteiger charge is -2.35. The number of piperazine rings is 1. The van der Waals surface area contributed by atoms with Crippen LogP contribution in [0.15, 0.2) is 40.9 Å². The number of hydrogen-bond acceptors (Lipinski definition) is 4. The molecule has 2 amide bonds. The van der Waals surface area contributed by atoms with Crippen molar-refractivity contribution in [1.82, 2.24) is 15.0 Å². The van der Waals surface area contributed by atoms with Gasteiger partial charge in [0.15, 0.2) is 0 Å². The van der Waals surface area contributed by atoms with E-state index < -0.39 is 5.82 Å². The van der Waals surface area contributed by atoms with E-state index in [1.54, 1.807) is 34.9 Å². The van der Waals surface area contributed by atoms with E-state index in [0.29, 0.717) is 47.5 Å². The highest BCUT2D eigenvalue weighted by molar-refractivity contribution is 6.39. The number of carbonyl (C=O) groups is 2. The largest absolute Gasteiger partial charge is 0.360 e. The fourth-order valence-electron chi connectivity index (χ4n) is 3.62. The van der Waals surface area contributed by atoms with Gasteiger partial charge in [-0.25, -0.2) is 4.39 Å². The van der Waals surface area contributed by atoms with Crippen molar-refractivity contribution in [2.45, 2.75) is 6.92 Å². The van der Waals surface area contributed by atoms with Gasteiger partial charge in [0, 0.05) is 31.7 Å². The molecule has 0 radical (unpaired) electrons. The maximum Gasteiger partial charge on any atom is 0.259 e. The van der Waals surface area contributed by atoms with Crippen LogP contribution in [0.4, 0.5) is 4.39 Å². The standard InChI is InChI=1S/C22H17Cl3FN3O3/c1-12-18(20(27-32-12)19-15(23)3-2-4-16(19)24)22(31)29-9-7-28(8-10-29)21(30)14-6-5-13(26)11-17(14)25/h2-6,11H,7-10H2,1H3. The molecule has 1 aliphatic heterocycles. The summed E-state index contributed by atoms with van der Waals surface area (Å²) in [6, 6.07) is 8.67. The minimum atomic E-state index is -0.513. The Labute approximate surface area is 198 Å². The summed E-state index contributed by atoms with van der Waals surface area (Å²) < 4.78 is 18.6.